The summed E-state index contributed by atoms with van der Waals surface area (Å²) >= 11 is 0. The van der Waals surface area contributed by atoms with E-state index in [0.717, 1.165) is 18.4 Å². The Morgan fingerprint density at radius 1 is 0.789 bits per heavy atom. The van der Waals surface area contributed by atoms with E-state index in [1.54, 1.807) is 6.92 Å². The number of hydrogen-bond acceptors (Lipinski definition) is 0. The van der Waals surface area contributed by atoms with Crippen LogP contribution in [0.25, 0.3) is 0 Å². The predicted molar refractivity (Wildman–Crippen MR) is 86.8 cm³/mol. The van der Waals surface area contributed by atoms with Gasteiger partial charge in [0.15, 0.2) is 0 Å². The van der Waals surface area contributed by atoms with E-state index in [-0.39, 0.29) is 10.8 Å². The Bertz CT molecular complexity index is 384. The van der Waals surface area contributed by atoms with Gasteiger partial charge in [0.25, 0.3) is 0 Å². The summed E-state index contributed by atoms with van der Waals surface area (Å²) in [5.74, 6) is 0. The van der Waals surface area contributed by atoms with E-state index < -0.39 is 6.37 Å². The molecule has 1 rings (SSSR count). The van der Waals surface area contributed by atoms with E-state index in [1.807, 2.05) is 0 Å². The Morgan fingerprint density at radius 3 is 1.47 bits per heavy atom. The lowest BCUT2D eigenvalue weighted by Crippen LogP contribution is -2.12. The van der Waals surface area contributed by atoms with Gasteiger partial charge in [-0.05, 0) is 46.8 Å². The molecule has 0 aliphatic carbocycles. The van der Waals surface area contributed by atoms with Gasteiger partial charge in [-0.25, -0.2) is 0 Å². The Labute approximate surface area is 123 Å². The highest BCUT2D eigenvalue weighted by molar-refractivity contribution is 5.31. The number of benzene rings is 1. The summed E-state index contributed by atoms with van der Waals surface area (Å²) in [6, 6.07) is 6.70. The van der Waals surface area contributed by atoms with E-state index >= 15 is 0 Å². The van der Waals surface area contributed by atoms with Crippen molar-refractivity contribution in [3.63, 3.8) is 0 Å². The number of rotatable bonds is 4. The summed E-state index contributed by atoms with van der Waals surface area (Å²) in [6.45, 7) is 15.2. The van der Waals surface area contributed by atoms with Gasteiger partial charge in [0.2, 0.25) is 0 Å². The van der Waals surface area contributed by atoms with Crippen LogP contribution in [0, 0.1) is 10.8 Å². The van der Waals surface area contributed by atoms with Crippen molar-refractivity contribution in [3.05, 3.63) is 34.9 Å². The van der Waals surface area contributed by atoms with Gasteiger partial charge in [-0.1, -0.05) is 73.0 Å². The third kappa shape index (κ3) is 6.80. The standard InChI is InChI=1S/C19H32/c1-8-9-15-10-16(13-18(2,3)4)12-17(11-15)14-19(5,6)7/h10-12H,8-9,13-14H2,1-7H3/i8D2. The van der Waals surface area contributed by atoms with Crippen LogP contribution in [0.15, 0.2) is 18.2 Å². The monoisotopic (exact) mass is 262 g/mol. The van der Waals surface area contributed by atoms with Gasteiger partial charge in [0.05, 0.1) is 0 Å². The zero-order valence-electron chi connectivity index (χ0n) is 15.9. The minimum Gasteiger partial charge on any atom is -0.0651 e. The van der Waals surface area contributed by atoms with Crippen LogP contribution >= 0.6 is 0 Å². The maximum absolute atomic E-state index is 7.84. The highest BCUT2D eigenvalue weighted by Gasteiger charge is 2.15. The fraction of sp³-hybridized carbons (Fsp3) is 0.684. The van der Waals surface area contributed by atoms with Crippen LogP contribution in [0.4, 0.5) is 0 Å². The topological polar surface area (TPSA) is 0 Å². The molecule has 0 bridgehead atoms. The van der Waals surface area contributed by atoms with Crippen molar-refractivity contribution in [1.29, 1.82) is 0 Å². The molecule has 0 unspecified atom stereocenters. The highest BCUT2D eigenvalue weighted by atomic mass is 14.2. The van der Waals surface area contributed by atoms with Crippen LogP contribution < -0.4 is 0 Å². The van der Waals surface area contributed by atoms with Crippen LogP contribution in [-0.2, 0) is 19.3 Å². The van der Waals surface area contributed by atoms with E-state index in [4.69, 9.17) is 2.74 Å². The molecule has 0 aromatic heterocycles. The molecule has 0 amide bonds. The fourth-order valence-corrected chi connectivity index (χ4v) is 2.57. The largest absolute Gasteiger partial charge is 0.0651 e. The molecule has 0 spiro atoms. The van der Waals surface area contributed by atoms with Crippen molar-refractivity contribution in [2.75, 3.05) is 0 Å². The summed E-state index contributed by atoms with van der Waals surface area (Å²) in [6.07, 6.45) is 1.40. The quantitative estimate of drug-likeness (QED) is 0.641. The van der Waals surface area contributed by atoms with Crippen molar-refractivity contribution < 1.29 is 2.74 Å². The molecule has 0 nitrogen and oxygen atoms in total. The van der Waals surface area contributed by atoms with Gasteiger partial charge in [0, 0.05) is 2.74 Å². The molecule has 0 aliphatic heterocycles. The molecule has 0 fully saturated rings. The maximum Gasteiger partial charge on any atom is 0.0267 e. The molecule has 0 aliphatic rings. The molecule has 0 radical (unpaired) electrons. The normalized spacial score (nSPS) is 15.1. The maximum atomic E-state index is 7.84. The average molecular weight is 262 g/mol. The van der Waals surface area contributed by atoms with Crippen molar-refractivity contribution in [2.24, 2.45) is 10.8 Å². The molecule has 108 valence electrons. The molecular formula is C19H32. The zero-order valence-corrected chi connectivity index (χ0v) is 13.9. The SMILES string of the molecule is [2H]C([2H])(C)Cc1cc(CC(C)(C)C)cc(CC(C)(C)C)c1. The van der Waals surface area contributed by atoms with Gasteiger partial charge in [-0.15, -0.1) is 0 Å². The van der Waals surface area contributed by atoms with Crippen LogP contribution in [0.5, 0.6) is 0 Å². The molecule has 0 heterocycles. The molecule has 1 aromatic carbocycles. The van der Waals surface area contributed by atoms with E-state index in [9.17, 15) is 0 Å². The smallest absolute Gasteiger partial charge is 0.0267 e. The van der Waals surface area contributed by atoms with E-state index in [1.165, 1.54) is 11.1 Å². The highest BCUT2D eigenvalue weighted by Crippen LogP contribution is 2.26. The first-order valence-corrected chi connectivity index (χ1v) is 7.35. The third-order valence-electron chi connectivity index (χ3n) is 2.96. The molecule has 0 atom stereocenters. The average Bonchev–Trinajstić information content (AvgIpc) is 2.06. The first-order valence-electron chi connectivity index (χ1n) is 8.35. The third-order valence-corrected chi connectivity index (χ3v) is 2.96. The lowest BCUT2D eigenvalue weighted by Gasteiger charge is -2.22. The molecular weight excluding hydrogens is 228 g/mol. The van der Waals surface area contributed by atoms with Crippen LogP contribution in [0.2, 0.25) is 0 Å². The van der Waals surface area contributed by atoms with Crippen molar-refractivity contribution in [2.45, 2.75) is 74.1 Å². The first kappa shape index (κ1) is 13.2. The van der Waals surface area contributed by atoms with Crippen LogP contribution in [0.3, 0.4) is 0 Å². The Kier molecular flexibility index (Phi) is 4.25. The van der Waals surface area contributed by atoms with Gasteiger partial charge >= 0.3 is 0 Å². The lowest BCUT2D eigenvalue weighted by atomic mass is 9.83. The van der Waals surface area contributed by atoms with Crippen molar-refractivity contribution >= 4 is 0 Å². The minimum atomic E-state index is -1.15. The number of hydrogen-bond donors (Lipinski definition) is 0. The zero-order chi connectivity index (χ0) is 16.5. The summed E-state index contributed by atoms with van der Waals surface area (Å²) in [5, 5.41) is 0. The molecule has 0 heteroatoms. The molecule has 1 aromatic rings. The Hall–Kier alpha value is -0.780. The van der Waals surface area contributed by atoms with E-state index in [0.29, 0.717) is 6.42 Å². The Balaban J connectivity index is 3.13. The van der Waals surface area contributed by atoms with Gasteiger partial charge in [-0.2, -0.15) is 0 Å². The molecule has 0 saturated carbocycles. The Morgan fingerprint density at radius 2 is 1.16 bits per heavy atom. The second-order valence-corrected chi connectivity index (χ2v) is 8.16. The molecule has 0 saturated heterocycles. The number of aryl methyl sites for hydroxylation is 1. The van der Waals surface area contributed by atoms with Gasteiger partial charge in [-0.3, -0.25) is 0 Å². The summed E-state index contributed by atoms with van der Waals surface area (Å²) in [4.78, 5) is 0. The second kappa shape index (κ2) is 6.11. The second-order valence-electron chi connectivity index (χ2n) is 8.16. The van der Waals surface area contributed by atoms with Crippen LogP contribution in [-0.4, -0.2) is 0 Å². The van der Waals surface area contributed by atoms with E-state index in [2.05, 4.69) is 59.7 Å². The van der Waals surface area contributed by atoms with Gasteiger partial charge < -0.3 is 0 Å². The molecule has 19 heavy (non-hydrogen) atoms. The molecule has 0 N–H and O–H groups in total. The first-order chi connectivity index (χ1) is 9.23. The van der Waals surface area contributed by atoms with Crippen molar-refractivity contribution in [3.8, 4) is 0 Å². The van der Waals surface area contributed by atoms with Crippen molar-refractivity contribution in [1.82, 2.24) is 0 Å². The van der Waals surface area contributed by atoms with Gasteiger partial charge in [0.1, 0.15) is 0 Å². The predicted octanol–water partition coefficient (Wildman–Crippen LogP) is 5.82. The summed E-state index contributed by atoms with van der Waals surface area (Å²) in [7, 11) is 0. The summed E-state index contributed by atoms with van der Waals surface area (Å²) in [5.41, 5.74) is 4.31. The fourth-order valence-electron chi connectivity index (χ4n) is 2.57. The summed E-state index contributed by atoms with van der Waals surface area (Å²) < 4.78 is 15.7. The minimum absolute atomic E-state index is 0.253. The van der Waals surface area contributed by atoms with Crippen LogP contribution in [0.1, 0.15) is 74.3 Å². The lowest BCUT2D eigenvalue weighted by molar-refractivity contribution is 0.405.